The van der Waals surface area contributed by atoms with Crippen LogP contribution in [0.1, 0.15) is 31.1 Å². The number of benzene rings is 1. The van der Waals surface area contributed by atoms with E-state index in [0.29, 0.717) is 18.0 Å². The summed E-state index contributed by atoms with van der Waals surface area (Å²) in [5.74, 6) is -0.390. The second-order valence-corrected chi connectivity index (χ2v) is 5.79. The third-order valence-corrected chi connectivity index (χ3v) is 3.41. The minimum atomic E-state index is -0.790. The molecule has 0 aliphatic heterocycles. The molecule has 0 unspecified atom stereocenters. The molecule has 0 aromatic heterocycles. The summed E-state index contributed by atoms with van der Waals surface area (Å²) in [5.41, 5.74) is 0.450. The van der Waals surface area contributed by atoms with E-state index in [0.717, 1.165) is 4.90 Å². The third-order valence-electron chi connectivity index (χ3n) is 2.66. The van der Waals surface area contributed by atoms with E-state index in [9.17, 15) is 9.59 Å². The van der Waals surface area contributed by atoms with Crippen LogP contribution in [0.4, 0.5) is 0 Å². The fourth-order valence-electron chi connectivity index (χ4n) is 1.46. The normalized spacial score (nSPS) is 12.1. The highest BCUT2D eigenvalue weighted by Crippen LogP contribution is 2.15. The molecule has 0 saturated heterocycles. The highest BCUT2D eigenvalue weighted by atomic mass is 32.2. The summed E-state index contributed by atoms with van der Waals surface area (Å²) in [5, 5.41) is 2.74. The Bertz CT molecular complexity index is 457. The van der Waals surface area contributed by atoms with Crippen LogP contribution in [0, 0.1) is 5.92 Å². The Kier molecular flexibility index (Phi) is 6.58. The first kappa shape index (κ1) is 16.6. The molecule has 0 saturated carbocycles. The van der Waals surface area contributed by atoms with Gasteiger partial charge in [0, 0.05) is 11.4 Å². The Morgan fingerprint density at radius 1 is 1.20 bits per heavy atom. The molecule has 20 heavy (non-hydrogen) atoms. The van der Waals surface area contributed by atoms with Crippen molar-refractivity contribution in [3.8, 4) is 0 Å². The number of hydrogen-bond donors (Lipinski definition) is 1. The molecule has 110 valence electrons. The summed E-state index contributed by atoms with van der Waals surface area (Å²) < 4.78 is 5.15. The van der Waals surface area contributed by atoms with Gasteiger partial charge in [0.05, 0.1) is 5.56 Å². The van der Waals surface area contributed by atoms with Crippen LogP contribution in [0.5, 0.6) is 0 Å². The minimum absolute atomic E-state index is 0.271. The van der Waals surface area contributed by atoms with Crippen molar-refractivity contribution in [2.45, 2.75) is 31.8 Å². The number of carbonyl (C=O) groups is 2. The maximum Gasteiger partial charge on any atom is 0.338 e. The first-order valence-corrected chi connectivity index (χ1v) is 7.79. The molecule has 1 N–H and O–H groups in total. The van der Waals surface area contributed by atoms with Crippen LogP contribution in [-0.2, 0) is 9.53 Å². The van der Waals surface area contributed by atoms with Gasteiger partial charge in [0.2, 0.25) is 0 Å². The highest BCUT2D eigenvalue weighted by molar-refractivity contribution is 7.98. The van der Waals surface area contributed by atoms with Gasteiger partial charge in [-0.2, -0.15) is 0 Å². The molecule has 5 heteroatoms. The van der Waals surface area contributed by atoms with Crippen LogP contribution in [-0.4, -0.2) is 30.8 Å². The second kappa shape index (κ2) is 7.94. The van der Waals surface area contributed by atoms with Gasteiger partial charge >= 0.3 is 5.97 Å². The molecule has 4 nitrogen and oxygen atoms in total. The van der Waals surface area contributed by atoms with Crippen molar-refractivity contribution in [2.75, 3.05) is 12.8 Å². The van der Waals surface area contributed by atoms with Crippen LogP contribution in [0.2, 0.25) is 0 Å². The standard InChI is InChI=1S/C15H21NO3S/c1-10(2)9-16-14(17)11(3)19-15(18)12-5-7-13(20-4)8-6-12/h5-8,10-11H,9H2,1-4H3,(H,16,17)/t11-/m1/s1. The maximum absolute atomic E-state index is 11.9. The van der Waals surface area contributed by atoms with Crippen LogP contribution < -0.4 is 5.32 Å². The predicted molar refractivity (Wildman–Crippen MR) is 80.9 cm³/mol. The lowest BCUT2D eigenvalue weighted by atomic mass is 10.2. The maximum atomic E-state index is 11.9. The van der Waals surface area contributed by atoms with E-state index in [1.54, 1.807) is 30.8 Å². The van der Waals surface area contributed by atoms with Gasteiger partial charge < -0.3 is 10.1 Å². The topological polar surface area (TPSA) is 55.4 Å². The zero-order chi connectivity index (χ0) is 15.1. The molecule has 0 spiro atoms. The predicted octanol–water partition coefficient (Wildman–Crippen LogP) is 2.73. The first-order chi connectivity index (χ1) is 9.43. The quantitative estimate of drug-likeness (QED) is 0.647. The lowest BCUT2D eigenvalue weighted by molar-refractivity contribution is -0.129. The van der Waals surface area contributed by atoms with E-state index in [-0.39, 0.29) is 5.91 Å². The van der Waals surface area contributed by atoms with Crippen molar-refractivity contribution < 1.29 is 14.3 Å². The van der Waals surface area contributed by atoms with Gasteiger partial charge in [-0.1, -0.05) is 13.8 Å². The highest BCUT2D eigenvalue weighted by Gasteiger charge is 2.18. The van der Waals surface area contributed by atoms with Crippen molar-refractivity contribution in [3.05, 3.63) is 29.8 Å². The van der Waals surface area contributed by atoms with E-state index in [2.05, 4.69) is 5.32 Å². The smallest absolute Gasteiger partial charge is 0.338 e. The minimum Gasteiger partial charge on any atom is -0.449 e. The van der Waals surface area contributed by atoms with E-state index in [4.69, 9.17) is 4.74 Å². The van der Waals surface area contributed by atoms with Gasteiger partial charge in [-0.25, -0.2) is 4.79 Å². The summed E-state index contributed by atoms with van der Waals surface area (Å²) in [6.07, 6.45) is 1.18. The number of hydrogen-bond acceptors (Lipinski definition) is 4. The average molecular weight is 295 g/mol. The van der Waals surface area contributed by atoms with Crippen molar-refractivity contribution in [1.29, 1.82) is 0 Å². The number of ether oxygens (including phenoxy) is 1. The molecule has 0 aliphatic carbocycles. The SMILES string of the molecule is CSc1ccc(C(=O)O[C@H](C)C(=O)NCC(C)C)cc1. The van der Waals surface area contributed by atoms with E-state index in [1.165, 1.54) is 0 Å². The monoisotopic (exact) mass is 295 g/mol. The number of nitrogens with one attached hydrogen (secondary N) is 1. The molecule has 0 aliphatic rings. The van der Waals surface area contributed by atoms with Gasteiger partial charge in [-0.3, -0.25) is 4.79 Å². The molecular formula is C15H21NO3S. The summed E-state index contributed by atoms with van der Waals surface area (Å²) in [6.45, 7) is 6.15. The van der Waals surface area contributed by atoms with E-state index >= 15 is 0 Å². The lowest BCUT2D eigenvalue weighted by Gasteiger charge is -2.14. The number of thioether (sulfide) groups is 1. The molecule has 1 rings (SSSR count). The Labute approximate surface area is 124 Å². The molecular weight excluding hydrogens is 274 g/mol. The number of esters is 1. The van der Waals surface area contributed by atoms with Crippen LogP contribution >= 0.6 is 11.8 Å². The van der Waals surface area contributed by atoms with Crippen molar-refractivity contribution in [1.82, 2.24) is 5.32 Å². The fraction of sp³-hybridized carbons (Fsp3) is 0.467. The summed E-state index contributed by atoms with van der Waals surface area (Å²) in [7, 11) is 0. The fourth-order valence-corrected chi connectivity index (χ4v) is 1.87. The molecule has 1 atom stereocenters. The van der Waals surface area contributed by atoms with Crippen LogP contribution in [0.15, 0.2) is 29.2 Å². The van der Waals surface area contributed by atoms with Crippen molar-refractivity contribution in [2.24, 2.45) is 5.92 Å². The van der Waals surface area contributed by atoms with Crippen LogP contribution in [0.25, 0.3) is 0 Å². The van der Waals surface area contributed by atoms with E-state index < -0.39 is 12.1 Å². The van der Waals surface area contributed by atoms with Crippen molar-refractivity contribution in [3.63, 3.8) is 0 Å². The van der Waals surface area contributed by atoms with Gasteiger partial charge in [0.1, 0.15) is 0 Å². The molecule has 0 radical (unpaired) electrons. The third kappa shape index (κ3) is 5.25. The Morgan fingerprint density at radius 2 is 1.80 bits per heavy atom. The van der Waals surface area contributed by atoms with Crippen LogP contribution in [0.3, 0.4) is 0 Å². The van der Waals surface area contributed by atoms with Crippen molar-refractivity contribution >= 4 is 23.6 Å². The van der Waals surface area contributed by atoms with Gasteiger partial charge in [-0.05, 0) is 43.4 Å². The summed E-state index contributed by atoms with van der Waals surface area (Å²) in [6, 6.07) is 7.11. The second-order valence-electron chi connectivity index (χ2n) is 4.92. The molecule has 1 aromatic rings. The molecule has 1 aromatic carbocycles. The molecule has 0 fully saturated rings. The first-order valence-electron chi connectivity index (χ1n) is 6.56. The number of amides is 1. The number of carbonyl (C=O) groups excluding carboxylic acids is 2. The lowest BCUT2D eigenvalue weighted by Crippen LogP contribution is -2.37. The van der Waals surface area contributed by atoms with Gasteiger partial charge in [0.15, 0.2) is 6.10 Å². The Balaban J connectivity index is 2.53. The summed E-state index contributed by atoms with van der Waals surface area (Å²) in [4.78, 5) is 24.7. The van der Waals surface area contributed by atoms with Gasteiger partial charge in [-0.15, -0.1) is 11.8 Å². The number of rotatable bonds is 6. The molecule has 1 amide bonds. The zero-order valence-electron chi connectivity index (χ0n) is 12.3. The zero-order valence-corrected chi connectivity index (χ0v) is 13.1. The van der Waals surface area contributed by atoms with E-state index in [1.807, 2.05) is 32.2 Å². The Morgan fingerprint density at radius 3 is 2.30 bits per heavy atom. The average Bonchev–Trinajstić information content (AvgIpc) is 2.44. The molecule has 0 bridgehead atoms. The molecule has 0 heterocycles. The Hall–Kier alpha value is -1.49. The van der Waals surface area contributed by atoms with Gasteiger partial charge in [0.25, 0.3) is 5.91 Å². The summed E-state index contributed by atoms with van der Waals surface area (Å²) >= 11 is 1.60. The largest absolute Gasteiger partial charge is 0.449 e.